The van der Waals surface area contributed by atoms with E-state index in [-0.39, 0.29) is 17.7 Å². The van der Waals surface area contributed by atoms with Crippen LogP contribution in [0.15, 0.2) is 18.2 Å². The summed E-state index contributed by atoms with van der Waals surface area (Å²) in [7, 11) is 1.48. The molecule has 98 valence electrons. The quantitative estimate of drug-likeness (QED) is 0.847. The normalized spacial score (nSPS) is 23.1. The first-order chi connectivity index (χ1) is 8.54. The fourth-order valence-electron chi connectivity index (χ4n) is 2.56. The molecule has 1 aromatic carbocycles. The average molecular weight is 251 g/mol. The second-order valence-corrected chi connectivity index (χ2v) is 4.62. The van der Waals surface area contributed by atoms with Gasteiger partial charge in [0.1, 0.15) is 0 Å². The number of carbonyl (C=O) groups is 1. The summed E-state index contributed by atoms with van der Waals surface area (Å²) in [6.45, 7) is 2.56. The summed E-state index contributed by atoms with van der Waals surface area (Å²) in [5, 5.41) is 18.9. The van der Waals surface area contributed by atoms with Gasteiger partial charge in [0.15, 0.2) is 11.5 Å². The summed E-state index contributed by atoms with van der Waals surface area (Å²) in [5.41, 5.74) is 0.806. The SMILES string of the molecule is COc1ccc(C2C(C)CCN2C(=O)O)cc1O. The largest absolute Gasteiger partial charge is 0.504 e. The van der Waals surface area contributed by atoms with Crippen LogP contribution in [-0.4, -0.2) is 34.9 Å². The Balaban J connectivity index is 2.34. The highest BCUT2D eigenvalue weighted by Crippen LogP contribution is 2.39. The van der Waals surface area contributed by atoms with E-state index in [0.717, 1.165) is 12.0 Å². The van der Waals surface area contributed by atoms with Crippen LogP contribution < -0.4 is 4.74 Å². The minimum Gasteiger partial charge on any atom is -0.504 e. The van der Waals surface area contributed by atoms with Gasteiger partial charge in [0, 0.05) is 6.54 Å². The van der Waals surface area contributed by atoms with Crippen molar-refractivity contribution in [3.63, 3.8) is 0 Å². The first-order valence-electron chi connectivity index (χ1n) is 5.91. The molecule has 0 saturated carbocycles. The third kappa shape index (κ3) is 2.08. The second-order valence-electron chi connectivity index (χ2n) is 4.62. The number of benzene rings is 1. The first-order valence-corrected chi connectivity index (χ1v) is 5.91. The molecule has 1 fully saturated rings. The lowest BCUT2D eigenvalue weighted by Crippen LogP contribution is -2.30. The van der Waals surface area contributed by atoms with Crippen LogP contribution in [0.25, 0.3) is 0 Å². The molecule has 5 nitrogen and oxygen atoms in total. The smallest absolute Gasteiger partial charge is 0.407 e. The number of carboxylic acid groups (broad SMARTS) is 1. The Labute approximate surface area is 106 Å². The van der Waals surface area contributed by atoms with Gasteiger partial charge in [0.2, 0.25) is 0 Å². The van der Waals surface area contributed by atoms with Crippen LogP contribution >= 0.6 is 0 Å². The number of rotatable bonds is 2. The molecule has 18 heavy (non-hydrogen) atoms. The Bertz CT molecular complexity index is 460. The van der Waals surface area contributed by atoms with Crippen LogP contribution in [0, 0.1) is 5.92 Å². The molecule has 2 rings (SSSR count). The molecule has 2 atom stereocenters. The van der Waals surface area contributed by atoms with Gasteiger partial charge in [-0.2, -0.15) is 0 Å². The van der Waals surface area contributed by atoms with Gasteiger partial charge < -0.3 is 19.8 Å². The van der Waals surface area contributed by atoms with E-state index in [4.69, 9.17) is 4.74 Å². The predicted molar refractivity (Wildman–Crippen MR) is 65.9 cm³/mol. The number of likely N-dealkylation sites (tertiary alicyclic amines) is 1. The highest BCUT2D eigenvalue weighted by molar-refractivity contribution is 5.66. The number of hydrogen-bond acceptors (Lipinski definition) is 3. The van der Waals surface area contributed by atoms with E-state index in [2.05, 4.69) is 0 Å². The van der Waals surface area contributed by atoms with E-state index in [9.17, 15) is 15.0 Å². The fraction of sp³-hybridized carbons (Fsp3) is 0.462. The topological polar surface area (TPSA) is 70.0 Å². The number of ether oxygens (including phenoxy) is 1. The summed E-state index contributed by atoms with van der Waals surface area (Å²) in [5.74, 6) is 0.680. The molecule has 0 aromatic heterocycles. The molecule has 0 spiro atoms. The molecule has 5 heteroatoms. The van der Waals surface area contributed by atoms with Crippen molar-refractivity contribution in [3.05, 3.63) is 23.8 Å². The molecule has 1 heterocycles. The van der Waals surface area contributed by atoms with Gasteiger partial charge in [-0.15, -0.1) is 0 Å². The van der Waals surface area contributed by atoms with Gasteiger partial charge in [0.05, 0.1) is 13.2 Å². The standard InChI is InChI=1S/C13H17NO4/c1-8-5-6-14(13(16)17)12(8)9-3-4-11(18-2)10(15)7-9/h3-4,7-8,12,15H,5-6H2,1-2H3,(H,16,17). The molecule has 0 aliphatic carbocycles. The first kappa shape index (κ1) is 12.5. The van der Waals surface area contributed by atoms with Crippen molar-refractivity contribution in [2.75, 3.05) is 13.7 Å². The van der Waals surface area contributed by atoms with E-state index in [0.29, 0.717) is 12.3 Å². The Hall–Kier alpha value is -1.91. The van der Waals surface area contributed by atoms with Crippen molar-refractivity contribution >= 4 is 6.09 Å². The lowest BCUT2D eigenvalue weighted by Gasteiger charge is -2.25. The van der Waals surface area contributed by atoms with E-state index in [1.165, 1.54) is 12.0 Å². The minimum atomic E-state index is -0.917. The third-order valence-corrected chi connectivity index (χ3v) is 3.49. The average Bonchev–Trinajstić information content (AvgIpc) is 2.71. The van der Waals surface area contributed by atoms with Crippen LogP contribution in [0.3, 0.4) is 0 Å². The van der Waals surface area contributed by atoms with Crippen molar-refractivity contribution in [1.82, 2.24) is 4.90 Å². The molecule has 1 amide bonds. The molecule has 1 aliphatic heterocycles. The number of phenolic OH excluding ortho intramolecular Hbond substituents is 1. The Morgan fingerprint density at radius 3 is 2.78 bits per heavy atom. The summed E-state index contributed by atoms with van der Waals surface area (Å²) >= 11 is 0. The van der Waals surface area contributed by atoms with Crippen LogP contribution in [0.1, 0.15) is 24.9 Å². The van der Waals surface area contributed by atoms with Gasteiger partial charge in [-0.05, 0) is 30.0 Å². The Morgan fingerprint density at radius 1 is 1.50 bits per heavy atom. The summed E-state index contributed by atoms with van der Waals surface area (Å²) in [6.07, 6.45) is -0.0799. The number of nitrogens with zero attached hydrogens (tertiary/aromatic N) is 1. The maximum Gasteiger partial charge on any atom is 0.407 e. The van der Waals surface area contributed by atoms with Crippen molar-refractivity contribution in [2.24, 2.45) is 5.92 Å². The van der Waals surface area contributed by atoms with Crippen LogP contribution in [0.5, 0.6) is 11.5 Å². The zero-order chi connectivity index (χ0) is 13.3. The third-order valence-electron chi connectivity index (χ3n) is 3.49. The lowest BCUT2D eigenvalue weighted by atomic mass is 9.95. The number of methoxy groups -OCH3 is 1. The highest BCUT2D eigenvalue weighted by Gasteiger charge is 2.35. The minimum absolute atomic E-state index is 0.0411. The fourth-order valence-corrected chi connectivity index (χ4v) is 2.56. The van der Waals surface area contributed by atoms with Crippen molar-refractivity contribution in [1.29, 1.82) is 0 Å². The summed E-state index contributed by atoms with van der Waals surface area (Å²) in [4.78, 5) is 12.6. The van der Waals surface area contributed by atoms with Crippen LogP contribution in [0.4, 0.5) is 4.79 Å². The second kappa shape index (κ2) is 4.76. The Morgan fingerprint density at radius 2 is 2.22 bits per heavy atom. The molecule has 1 saturated heterocycles. The lowest BCUT2D eigenvalue weighted by molar-refractivity contribution is 0.135. The molecule has 0 bridgehead atoms. The van der Waals surface area contributed by atoms with Crippen molar-refractivity contribution in [3.8, 4) is 11.5 Å². The van der Waals surface area contributed by atoms with Crippen molar-refractivity contribution < 1.29 is 19.7 Å². The number of amides is 1. The molecule has 0 radical (unpaired) electrons. The monoisotopic (exact) mass is 251 g/mol. The van der Waals surface area contributed by atoms with Crippen LogP contribution in [-0.2, 0) is 0 Å². The van der Waals surface area contributed by atoms with E-state index in [1.54, 1.807) is 18.2 Å². The number of hydrogen-bond donors (Lipinski definition) is 2. The van der Waals surface area contributed by atoms with Gasteiger partial charge >= 0.3 is 6.09 Å². The van der Waals surface area contributed by atoms with E-state index in [1.807, 2.05) is 6.92 Å². The number of phenols is 1. The Kier molecular flexibility index (Phi) is 3.32. The van der Waals surface area contributed by atoms with Crippen LogP contribution in [0.2, 0.25) is 0 Å². The molecular formula is C13H17NO4. The highest BCUT2D eigenvalue weighted by atomic mass is 16.5. The molecule has 1 aromatic rings. The zero-order valence-electron chi connectivity index (χ0n) is 10.5. The van der Waals surface area contributed by atoms with Gasteiger partial charge in [0.25, 0.3) is 0 Å². The molecular weight excluding hydrogens is 234 g/mol. The zero-order valence-corrected chi connectivity index (χ0v) is 10.5. The summed E-state index contributed by atoms with van der Waals surface area (Å²) < 4.78 is 4.98. The molecule has 2 unspecified atom stereocenters. The summed E-state index contributed by atoms with van der Waals surface area (Å²) in [6, 6.07) is 4.86. The maximum absolute atomic E-state index is 11.2. The van der Waals surface area contributed by atoms with E-state index >= 15 is 0 Å². The maximum atomic E-state index is 11.2. The van der Waals surface area contributed by atoms with Crippen molar-refractivity contribution in [2.45, 2.75) is 19.4 Å². The molecule has 1 aliphatic rings. The van der Waals surface area contributed by atoms with E-state index < -0.39 is 6.09 Å². The van der Waals surface area contributed by atoms with Gasteiger partial charge in [-0.3, -0.25) is 0 Å². The predicted octanol–water partition coefficient (Wildman–Crippen LogP) is 2.46. The molecule has 2 N–H and O–H groups in total. The van der Waals surface area contributed by atoms with Gasteiger partial charge in [-0.25, -0.2) is 4.79 Å². The number of aromatic hydroxyl groups is 1. The van der Waals surface area contributed by atoms with Gasteiger partial charge in [-0.1, -0.05) is 13.0 Å².